The lowest BCUT2D eigenvalue weighted by molar-refractivity contribution is 0.557. The summed E-state index contributed by atoms with van der Waals surface area (Å²) in [5, 5.41) is 3.34. The van der Waals surface area contributed by atoms with E-state index in [0.29, 0.717) is 5.56 Å². The summed E-state index contributed by atoms with van der Waals surface area (Å²) in [6, 6.07) is 10.7. The third-order valence-electron chi connectivity index (χ3n) is 2.95. The Labute approximate surface area is 143 Å². The van der Waals surface area contributed by atoms with Gasteiger partial charge in [0.25, 0.3) is 0 Å². The molecular weight excluding hydrogens is 453 g/mol. The van der Waals surface area contributed by atoms with Gasteiger partial charge in [0.15, 0.2) is 0 Å². The molecule has 5 heteroatoms. The molecule has 0 spiro atoms. The Bertz CT molecular complexity index is 616. The summed E-state index contributed by atoms with van der Waals surface area (Å²) < 4.78 is 16.9. The summed E-state index contributed by atoms with van der Waals surface area (Å²) in [4.78, 5) is 0. The van der Waals surface area contributed by atoms with Crippen molar-refractivity contribution in [3.05, 3.63) is 66.8 Å². The first kappa shape index (κ1) is 16.1. The first-order chi connectivity index (χ1) is 9.52. The minimum Gasteiger partial charge on any atom is -0.306 e. The Morgan fingerprint density at radius 2 is 1.65 bits per heavy atom. The highest BCUT2D eigenvalue weighted by molar-refractivity contribution is 9.11. The molecule has 0 radical (unpaired) electrons. The molecule has 1 unspecified atom stereocenters. The average Bonchev–Trinajstić information content (AvgIpc) is 2.40. The second-order valence-electron chi connectivity index (χ2n) is 4.32. The van der Waals surface area contributed by atoms with Crippen molar-refractivity contribution >= 4 is 47.8 Å². The maximum absolute atomic E-state index is 14.2. The van der Waals surface area contributed by atoms with Crippen LogP contribution in [0.1, 0.15) is 24.1 Å². The van der Waals surface area contributed by atoms with Gasteiger partial charge in [-0.2, -0.15) is 0 Å². The largest absolute Gasteiger partial charge is 0.306 e. The van der Waals surface area contributed by atoms with E-state index in [4.69, 9.17) is 0 Å². The van der Waals surface area contributed by atoms with Gasteiger partial charge in [0.1, 0.15) is 5.82 Å². The molecule has 2 rings (SSSR count). The normalized spacial score (nSPS) is 12.4. The molecule has 2 aromatic carbocycles. The van der Waals surface area contributed by atoms with Crippen LogP contribution >= 0.6 is 47.8 Å². The molecule has 20 heavy (non-hydrogen) atoms. The zero-order valence-electron chi connectivity index (χ0n) is 10.8. The quantitative estimate of drug-likeness (QED) is 0.600. The molecule has 0 aliphatic rings. The van der Waals surface area contributed by atoms with Crippen LogP contribution in [-0.2, 0) is 0 Å². The van der Waals surface area contributed by atoms with Gasteiger partial charge >= 0.3 is 0 Å². The summed E-state index contributed by atoms with van der Waals surface area (Å²) in [5.41, 5.74) is 1.64. The van der Waals surface area contributed by atoms with Crippen LogP contribution in [0.25, 0.3) is 0 Å². The van der Waals surface area contributed by atoms with Gasteiger partial charge in [-0.1, -0.05) is 60.8 Å². The van der Waals surface area contributed by atoms with Gasteiger partial charge in [-0.15, -0.1) is 0 Å². The van der Waals surface area contributed by atoms with E-state index >= 15 is 0 Å². The number of benzene rings is 2. The molecule has 0 bridgehead atoms. The maximum atomic E-state index is 14.2. The Morgan fingerprint density at radius 1 is 1.00 bits per heavy atom. The van der Waals surface area contributed by atoms with Gasteiger partial charge in [0, 0.05) is 19.0 Å². The number of hydrogen-bond donors (Lipinski definition) is 1. The molecule has 1 N–H and O–H groups in total. The van der Waals surface area contributed by atoms with Crippen LogP contribution in [-0.4, -0.2) is 6.54 Å². The predicted octanol–water partition coefficient (Wildman–Crippen LogP) is 5.81. The standard InChI is InChI=1S/C15H13Br3FN/c1-2-20-15(11-5-3-10(17)8-13(11)18)12-7-9(16)4-6-14(12)19/h3-8,15,20H,2H2,1H3. The van der Waals surface area contributed by atoms with E-state index in [9.17, 15) is 4.39 Å². The topological polar surface area (TPSA) is 12.0 Å². The Morgan fingerprint density at radius 3 is 2.30 bits per heavy atom. The monoisotopic (exact) mass is 463 g/mol. The summed E-state index contributed by atoms with van der Waals surface area (Å²) >= 11 is 10.4. The maximum Gasteiger partial charge on any atom is 0.128 e. The molecule has 1 nitrogen and oxygen atoms in total. The molecule has 0 fully saturated rings. The molecule has 2 aromatic rings. The summed E-state index contributed by atoms with van der Waals surface area (Å²) in [6.45, 7) is 2.76. The molecular formula is C15H13Br3FN. The number of hydrogen-bond acceptors (Lipinski definition) is 1. The van der Waals surface area contributed by atoms with Crippen LogP contribution in [0.3, 0.4) is 0 Å². The molecule has 0 saturated heterocycles. The van der Waals surface area contributed by atoms with Crippen molar-refractivity contribution in [1.82, 2.24) is 5.32 Å². The fraction of sp³-hybridized carbons (Fsp3) is 0.200. The van der Waals surface area contributed by atoms with Crippen LogP contribution in [0, 0.1) is 5.82 Å². The lowest BCUT2D eigenvalue weighted by Gasteiger charge is -2.21. The van der Waals surface area contributed by atoms with E-state index in [1.165, 1.54) is 6.07 Å². The zero-order valence-corrected chi connectivity index (χ0v) is 15.5. The highest BCUT2D eigenvalue weighted by Crippen LogP contribution is 2.33. The second kappa shape index (κ2) is 7.16. The lowest BCUT2D eigenvalue weighted by Crippen LogP contribution is -2.23. The molecule has 0 amide bonds. The number of halogens is 4. The molecule has 0 aliphatic carbocycles. The highest BCUT2D eigenvalue weighted by Gasteiger charge is 2.19. The number of nitrogens with one attached hydrogen (secondary N) is 1. The van der Waals surface area contributed by atoms with Crippen molar-refractivity contribution in [3.63, 3.8) is 0 Å². The molecule has 0 aliphatic heterocycles. The Hall–Kier alpha value is -0.230. The second-order valence-corrected chi connectivity index (χ2v) is 7.01. The van der Waals surface area contributed by atoms with Crippen molar-refractivity contribution in [2.24, 2.45) is 0 Å². The number of rotatable bonds is 4. The molecule has 0 saturated carbocycles. The highest BCUT2D eigenvalue weighted by atomic mass is 79.9. The molecule has 0 aromatic heterocycles. The van der Waals surface area contributed by atoms with E-state index in [1.54, 1.807) is 6.07 Å². The van der Waals surface area contributed by atoms with Gasteiger partial charge in [0.05, 0.1) is 6.04 Å². The van der Waals surface area contributed by atoms with Crippen LogP contribution in [0.2, 0.25) is 0 Å². The van der Waals surface area contributed by atoms with Crippen LogP contribution in [0.5, 0.6) is 0 Å². The summed E-state index contributed by atoms with van der Waals surface area (Å²) in [6.07, 6.45) is 0. The fourth-order valence-electron chi connectivity index (χ4n) is 2.06. The van der Waals surface area contributed by atoms with E-state index in [-0.39, 0.29) is 11.9 Å². The van der Waals surface area contributed by atoms with Crippen molar-refractivity contribution in [2.75, 3.05) is 6.54 Å². The summed E-state index contributed by atoms with van der Waals surface area (Å²) in [7, 11) is 0. The van der Waals surface area contributed by atoms with Crippen LogP contribution in [0.4, 0.5) is 4.39 Å². The predicted molar refractivity (Wildman–Crippen MR) is 91.5 cm³/mol. The third kappa shape index (κ3) is 3.70. The van der Waals surface area contributed by atoms with E-state index < -0.39 is 0 Å². The first-order valence-corrected chi connectivity index (χ1v) is 8.54. The third-order valence-corrected chi connectivity index (χ3v) is 4.62. The van der Waals surface area contributed by atoms with E-state index in [1.807, 2.05) is 31.2 Å². The van der Waals surface area contributed by atoms with Gasteiger partial charge in [0.2, 0.25) is 0 Å². The molecule has 106 valence electrons. The Kier molecular flexibility index (Phi) is 5.78. The summed E-state index contributed by atoms with van der Waals surface area (Å²) in [5.74, 6) is -0.214. The van der Waals surface area contributed by atoms with E-state index in [2.05, 4.69) is 53.1 Å². The van der Waals surface area contributed by atoms with E-state index in [0.717, 1.165) is 25.5 Å². The average molecular weight is 466 g/mol. The Balaban J connectivity index is 2.53. The first-order valence-electron chi connectivity index (χ1n) is 6.16. The van der Waals surface area contributed by atoms with Gasteiger partial charge in [-0.05, 0) is 42.4 Å². The SMILES string of the molecule is CCNC(c1cc(Br)ccc1F)c1ccc(Br)cc1Br. The van der Waals surface area contributed by atoms with Crippen molar-refractivity contribution in [2.45, 2.75) is 13.0 Å². The minimum absolute atomic E-state index is 0.194. The molecule has 1 atom stereocenters. The smallest absolute Gasteiger partial charge is 0.128 e. The van der Waals surface area contributed by atoms with Gasteiger partial charge in [-0.25, -0.2) is 4.39 Å². The van der Waals surface area contributed by atoms with Crippen molar-refractivity contribution in [3.8, 4) is 0 Å². The van der Waals surface area contributed by atoms with Gasteiger partial charge < -0.3 is 5.32 Å². The van der Waals surface area contributed by atoms with Crippen molar-refractivity contribution in [1.29, 1.82) is 0 Å². The lowest BCUT2D eigenvalue weighted by atomic mass is 9.98. The fourth-order valence-corrected chi connectivity index (χ4v) is 3.72. The van der Waals surface area contributed by atoms with Crippen LogP contribution in [0.15, 0.2) is 49.8 Å². The minimum atomic E-state index is -0.214. The van der Waals surface area contributed by atoms with Gasteiger partial charge in [-0.3, -0.25) is 0 Å². The molecule has 0 heterocycles. The van der Waals surface area contributed by atoms with Crippen LogP contribution < -0.4 is 5.32 Å². The zero-order chi connectivity index (χ0) is 14.7. The van der Waals surface area contributed by atoms with Crippen molar-refractivity contribution < 1.29 is 4.39 Å².